The number of anilines is 1. The van der Waals surface area contributed by atoms with Crippen LogP contribution in [0.25, 0.3) is 0 Å². The van der Waals surface area contributed by atoms with Crippen molar-refractivity contribution in [3.8, 4) is 5.75 Å². The summed E-state index contributed by atoms with van der Waals surface area (Å²) in [5, 5.41) is 3.26. The highest BCUT2D eigenvalue weighted by atomic mass is 32.2. The standard InChI is InChI=1S/C19H21N3O3S/c1-3-9-25-14-8-6-5-7-12(14)13-11-15(23)20-17-16(13)18(24)22-19(21-17)26-10-4-2/h3,5-8,13H,1,4,9-11H2,2H3,(H2,20,21,22,23,24). The van der Waals surface area contributed by atoms with E-state index in [-0.39, 0.29) is 17.9 Å². The molecule has 1 atom stereocenters. The zero-order chi connectivity index (χ0) is 18.5. The van der Waals surface area contributed by atoms with E-state index in [1.165, 1.54) is 11.8 Å². The van der Waals surface area contributed by atoms with Gasteiger partial charge in [0.15, 0.2) is 5.16 Å². The van der Waals surface area contributed by atoms with Crippen LogP contribution in [0.4, 0.5) is 5.82 Å². The Morgan fingerprint density at radius 1 is 1.38 bits per heavy atom. The highest BCUT2D eigenvalue weighted by molar-refractivity contribution is 7.99. The molecule has 2 N–H and O–H groups in total. The molecule has 2 heterocycles. The number of aromatic nitrogens is 2. The number of hydrogen-bond acceptors (Lipinski definition) is 5. The molecule has 136 valence electrons. The minimum atomic E-state index is -0.402. The molecule has 0 fully saturated rings. The fourth-order valence-corrected chi connectivity index (χ4v) is 3.65. The zero-order valence-electron chi connectivity index (χ0n) is 14.6. The smallest absolute Gasteiger partial charge is 0.257 e. The summed E-state index contributed by atoms with van der Waals surface area (Å²) in [6, 6.07) is 7.44. The number of thioether (sulfide) groups is 1. The van der Waals surface area contributed by atoms with Crippen LogP contribution in [0.15, 0.2) is 46.9 Å². The first-order chi connectivity index (χ1) is 12.6. The van der Waals surface area contributed by atoms with Crippen LogP contribution in [0, 0.1) is 0 Å². The second-order valence-electron chi connectivity index (χ2n) is 5.92. The number of carbonyl (C=O) groups excluding carboxylic acids is 1. The maximum atomic E-state index is 12.7. The fraction of sp³-hybridized carbons (Fsp3) is 0.316. The van der Waals surface area contributed by atoms with Crippen molar-refractivity contribution in [3.05, 3.63) is 58.4 Å². The van der Waals surface area contributed by atoms with Gasteiger partial charge >= 0.3 is 0 Å². The number of hydrogen-bond donors (Lipinski definition) is 2. The molecule has 6 nitrogen and oxygen atoms in total. The molecule has 0 aliphatic carbocycles. The number of ether oxygens (including phenoxy) is 1. The van der Waals surface area contributed by atoms with Crippen LogP contribution >= 0.6 is 11.8 Å². The van der Waals surface area contributed by atoms with E-state index in [9.17, 15) is 9.59 Å². The number of nitrogens with zero attached hydrogens (tertiary/aromatic N) is 1. The molecule has 0 saturated carbocycles. The summed E-state index contributed by atoms with van der Waals surface area (Å²) in [7, 11) is 0. The summed E-state index contributed by atoms with van der Waals surface area (Å²) in [4.78, 5) is 32.3. The van der Waals surface area contributed by atoms with Gasteiger partial charge in [-0.05, 0) is 12.5 Å². The van der Waals surface area contributed by atoms with E-state index >= 15 is 0 Å². The average Bonchev–Trinajstić information content (AvgIpc) is 2.64. The molecule has 1 aliphatic heterocycles. The summed E-state index contributed by atoms with van der Waals surface area (Å²) in [6.07, 6.45) is 2.80. The minimum absolute atomic E-state index is 0.162. The number of carbonyl (C=O) groups is 1. The van der Waals surface area contributed by atoms with E-state index in [0.29, 0.717) is 28.9 Å². The second-order valence-corrected chi connectivity index (χ2v) is 7.01. The molecule has 0 saturated heterocycles. The predicted octanol–water partition coefficient (Wildman–Crippen LogP) is 3.31. The highest BCUT2D eigenvalue weighted by Crippen LogP contribution is 2.38. The first-order valence-electron chi connectivity index (χ1n) is 8.53. The number of H-pyrrole nitrogens is 1. The quantitative estimate of drug-likeness (QED) is 0.443. The second kappa shape index (κ2) is 8.23. The van der Waals surface area contributed by atoms with Crippen molar-refractivity contribution in [1.82, 2.24) is 9.97 Å². The van der Waals surface area contributed by atoms with Gasteiger partial charge in [-0.3, -0.25) is 9.59 Å². The predicted molar refractivity (Wildman–Crippen MR) is 103 cm³/mol. The molecule has 1 aromatic carbocycles. The van der Waals surface area contributed by atoms with Crippen molar-refractivity contribution in [2.45, 2.75) is 30.8 Å². The Hall–Kier alpha value is -2.54. The monoisotopic (exact) mass is 371 g/mol. The molecule has 3 rings (SSSR count). The lowest BCUT2D eigenvalue weighted by Gasteiger charge is -2.25. The normalized spacial score (nSPS) is 15.9. The van der Waals surface area contributed by atoms with Crippen molar-refractivity contribution in [2.75, 3.05) is 17.7 Å². The Balaban J connectivity index is 2.05. The number of para-hydroxylation sites is 1. The van der Waals surface area contributed by atoms with E-state index < -0.39 is 5.92 Å². The van der Waals surface area contributed by atoms with Gasteiger partial charge in [0.2, 0.25) is 5.91 Å². The molecule has 2 aromatic rings. The zero-order valence-corrected chi connectivity index (χ0v) is 15.4. The molecule has 26 heavy (non-hydrogen) atoms. The molecule has 7 heteroatoms. The summed E-state index contributed by atoms with van der Waals surface area (Å²) >= 11 is 1.47. The third kappa shape index (κ3) is 3.83. The van der Waals surface area contributed by atoms with Crippen LogP contribution in [0.1, 0.15) is 36.8 Å². The van der Waals surface area contributed by atoms with Gasteiger partial charge in [0.25, 0.3) is 5.56 Å². The Morgan fingerprint density at radius 3 is 2.96 bits per heavy atom. The number of aromatic amines is 1. The van der Waals surface area contributed by atoms with Gasteiger partial charge in [0.05, 0.1) is 5.56 Å². The van der Waals surface area contributed by atoms with Gasteiger partial charge in [-0.2, -0.15) is 0 Å². The third-order valence-electron chi connectivity index (χ3n) is 4.02. The van der Waals surface area contributed by atoms with Crippen molar-refractivity contribution in [3.63, 3.8) is 0 Å². The number of benzene rings is 1. The SMILES string of the molecule is C=CCOc1ccccc1C1CC(=O)Nc2nc(SCCC)[nH]c(=O)c21. The molecule has 1 aromatic heterocycles. The first-order valence-corrected chi connectivity index (χ1v) is 9.52. The lowest BCUT2D eigenvalue weighted by molar-refractivity contribution is -0.116. The van der Waals surface area contributed by atoms with E-state index in [1.54, 1.807) is 6.08 Å². The number of amides is 1. The Kier molecular flexibility index (Phi) is 5.78. The van der Waals surface area contributed by atoms with Crippen molar-refractivity contribution in [1.29, 1.82) is 0 Å². The van der Waals surface area contributed by atoms with Crippen LogP contribution in [0.3, 0.4) is 0 Å². The topological polar surface area (TPSA) is 84.1 Å². The van der Waals surface area contributed by atoms with E-state index in [1.807, 2.05) is 24.3 Å². The van der Waals surface area contributed by atoms with Crippen molar-refractivity contribution >= 4 is 23.5 Å². The summed E-state index contributed by atoms with van der Waals surface area (Å²) in [5.74, 6) is 1.26. The lowest BCUT2D eigenvalue weighted by atomic mass is 9.86. The number of nitrogens with one attached hydrogen (secondary N) is 2. The van der Waals surface area contributed by atoms with Crippen molar-refractivity contribution in [2.24, 2.45) is 0 Å². The van der Waals surface area contributed by atoms with Gasteiger partial charge in [0, 0.05) is 23.7 Å². The maximum absolute atomic E-state index is 12.7. The lowest BCUT2D eigenvalue weighted by Crippen LogP contribution is -2.31. The Morgan fingerprint density at radius 2 is 2.19 bits per heavy atom. The van der Waals surface area contributed by atoms with Crippen LogP contribution in [0.5, 0.6) is 5.75 Å². The van der Waals surface area contributed by atoms with Crippen LogP contribution in [-0.4, -0.2) is 28.2 Å². The third-order valence-corrected chi connectivity index (χ3v) is 5.10. The molecule has 0 radical (unpaired) electrons. The molecule has 0 spiro atoms. The van der Waals surface area contributed by atoms with E-state index in [2.05, 4.69) is 28.8 Å². The average molecular weight is 371 g/mol. The number of rotatable bonds is 7. The maximum Gasteiger partial charge on any atom is 0.257 e. The van der Waals surface area contributed by atoms with Gasteiger partial charge in [0.1, 0.15) is 18.2 Å². The highest BCUT2D eigenvalue weighted by Gasteiger charge is 2.32. The van der Waals surface area contributed by atoms with Crippen molar-refractivity contribution < 1.29 is 9.53 Å². The minimum Gasteiger partial charge on any atom is -0.489 e. The summed E-state index contributed by atoms with van der Waals surface area (Å²) in [5.41, 5.74) is 1.05. The molecule has 1 amide bonds. The van der Waals surface area contributed by atoms with Crippen LogP contribution in [-0.2, 0) is 4.79 Å². The molecular formula is C19H21N3O3S. The van der Waals surface area contributed by atoms with Gasteiger partial charge in [-0.15, -0.1) is 0 Å². The number of fused-ring (bicyclic) bond motifs is 1. The Bertz CT molecular complexity index is 879. The van der Waals surface area contributed by atoms with Crippen LogP contribution in [0.2, 0.25) is 0 Å². The van der Waals surface area contributed by atoms with E-state index in [0.717, 1.165) is 17.7 Å². The van der Waals surface area contributed by atoms with Gasteiger partial charge in [-0.1, -0.05) is 49.5 Å². The summed E-state index contributed by atoms with van der Waals surface area (Å²) in [6.45, 7) is 6.07. The summed E-state index contributed by atoms with van der Waals surface area (Å²) < 4.78 is 5.72. The molecular weight excluding hydrogens is 350 g/mol. The molecule has 1 aliphatic rings. The van der Waals surface area contributed by atoms with Gasteiger partial charge in [-0.25, -0.2) is 4.98 Å². The first kappa shape index (κ1) is 18.3. The van der Waals surface area contributed by atoms with Crippen LogP contribution < -0.4 is 15.6 Å². The molecule has 1 unspecified atom stereocenters. The fourth-order valence-electron chi connectivity index (χ4n) is 2.93. The Labute approximate surface area is 156 Å². The molecule has 0 bridgehead atoms. The van der Waals surface area contributed by atoms with E-state index in [4.69, 9.17) is 4.74 Å². The van der Waals surface area contributed by atoms with Gasteiger partial charge < -0.3 is 15.0 Å². The largest absolute Gasteiger partial charge is 0.489 e.